The lowest BCUT2D eigenvalue weighted by atomic mass is 10.1. The van der Waals surface area contributed by atoms with Gasteiger partial charge in [0, 0.05) is 12.6 Å². The SMILES string of the molecule is CCN1C(=O)/C(=C\c2ccc(OC)c([N+](=O)[O-])c2)SC1=Nc1ccccc1. The average Bonchev–Trinajstić information content (AvgIpc) is 2.96. The van der Waals surface area contributed by atoms with E-state index < -0.39 is 4.92 Å². The summed E-state index contributed by atoms with van der Waals surface area (Å²) in [4.78, 5) is 30.0. The van der Waals surface area contributed by atoms with Crippen molar-refractivity contribution in [3.8, 4) is 5.75 Å². The lowest BCUT2D eigenvalue weighted by molar-refractivity contribution is -0.385. The van der Waals surface area contributed by atoms with Crippen LogP contribution in [0.4, 0.5) is 11.4 Å². The van der Waals surface area contributed by atoms with Crippen LogP contribution in [0, 0.1) is 10.1 Å². The molecule has 1 heterocycles. The zero-order chi connectivity index (χ0) is 19.4. The number of carbonyl (C=O) groups is 1. The molecule has 7 nitrogen and oxygen atoms in total. The Morgan fingerprint density at radius 2 is 2.00 bits per heavy atom. The van der Waals surface area contributed by atoms with Crippen molar-refractivity contribution < 1.29 is 14.5 Å². The highest BCUT2D eigenvalue weighted by Crippen LogP contribution is 2.35. The molecule has 1 fully saturated rings. The molecule has 2 aromatic rings. The summed E-state index contributed by atoms with van der Waals surface area (Å²) >= 11 is 1.25. The van der Waals surface area contributed by atoms with Gasteiger partial charge in [-0.05, 0) is 48.5 Å². The molecule has 138 valence electrons. The van der Waals surface area contributed by atoms with E-state index in [9.17, 15) is 14.9 Å². The summed E-state index contributed by atoms with van der Waals surface area (Å²) in [6.07, 6.45) is 1.63. The second-order valence-corrected chi connectivity index (χ2v) is 6.59. The highest BCUT2D eigenvalue weighted by Gasteiger charge is 2.32. The van der Waals surface area contributed by atoms with E-state index in [-0.39, 0.29) is 17.3 Å². The molecule has 0 atom stereocenters. The number of para-hydroxylation sites is 1. The third-order valence-corrected chi connectivity index (χ3v) is 4.89. The molecule has 0 spiro atoms. The van der Waals surface area contributed by atoms with Crippen molar-refractivity contribution in [3.05, 3.63) is 69.1 Å². The van der Waals surface area contributed by atoms with Crippen LogP contribution >= 0.6 is 11.8 Å². The first-order chi connectivity index (χ1) is 13.0. The van der Waals surface area contributed by atoms with Gasteiger partial charge in [-0.15, -0.1) is 0 Å². The van der Waals surface area contributed by atoms with Gasteiger partial charge in [-0.1, -0.05) is 24.3 Å². The largest absolute Gasteiger partial charge is 0.490 e. The maximum absolute atomic E-state index is 12.7. The van der Waals surface area contributed by atoms with Crippen LogP contribution in [0.2, 0.25) is 0 Å². The highest BCUT2D eigenvalue weighted by molar-refractivity contribution is 8.18. The van der Waals surface area contributed by atoms with Crippen molar-refractivity contribution in [2.24, 2.45) is 4.99 Å². The van der Waals surface area contributed by atoms with E-state index >= 15 is 0 Å². The van der Waals surface area contributed by atoms with Crippen LogP contribution in [0.15, 0.2) is 58.4 Å². The summed E-state index contributed by atoms with van der Waals surface area (Å²) in [6.45, 7) is 2.36. The minimum absolute atomic E-state index is 0.146. The first-order valence-corrected chi connectivity index (χ1v) is 9.02. The molecule has 0 aliphatic carbocycles. The average molecular weight is 383 g/mol. The second kappa shape index (κ2) is 8.05. The van der Waals surface area contributed by atoms with Crippen LogP contribution in [-0.4, -0.2) is 34.6 Å². The Morgan fingerprint density at radius 3 is 2.63 bits per heavy atom. The number of nitro benzene ring substituents is 1. The summed E-state index contributed by atoms with van der Waals surface area (Å²) in [5.41, 5.74) is 1.16. The van der Waals surface area contributed by atoms with Crippen molar-refractivity contribution in [3.63, 3.8) is 0 Å². The molecule has 27 heavy (non-hydrogen) atoms. The Labute approximate surface area is 160 Å². The Hall–Kier alpha value is -3.13. The highest BCUT2D eigenvalue weighted by atomic mass is 32.2. The minimum atomic E-state index is -0.509. The molecular weight excluding hydrogens is 366 g/mol. The molecule has 0 aromatic heterocycles. The number of ether oxygens (including phenoxy) is 1. The monoisotopic (exact) mass is 383 g/mol. The zero-order valence-electron chi connectivity index (χ0n) is 14.8. The lowest BCUT2D eigenvalue weighted by Crippen LogP contribution is -2.28. The third-order valence-electron chi connectivity index (χ3n) is 3.88. The maximum atomic E-state index is 12.7. The summed E-state index contributed by atoms with van der Waals surface area (Å²) in [7, 11) is 1.38. The van der Waals surface area contributed by atoms with Gasteiger partial charge in [0.15, 0.2) is 10.9 Å². The first kappa shape index (κ1) is 18.7. The van der Waals surface area contributed by atoms with E-state index in [0.717, 1.165) is 5.69 Å². The van der Waals surface area contributed by atoms with Gasteiger partial charge in [-0.3, -0.25) is 19.8 Å². The predicted molar refractivity (Wildman–Crippen MR) is 106 cm³/mol. The Bertz CT molecular complexity index is 941. The molecule has 0 radical (unpaired) electrons. The van der Waals surface area contributed by atoms with Crippen molar-refractivity contribution in [1.29, 1.82) is 0 Å². The molecule has 3 rings (SSSR count). The van der Waals surface area contributed by atoms with Gasteiger partial charge >= 0.3 is 5.69 Å². The molecule has 1 saturated heterocycles. The van der Waals surface area contributed by atoms with Gasteiger partial charge in [0.25, 0.3) is 5.91 Å². The fourth-order valence-corrected chi connectivity index (χ4v) is 3.64. The fraction of sp³-hybridized carbons (Fsp3) is 0.158. The summed E-state index contributed by atoms with van der Waals surface area (Å²) in [5.74, 6) is 0.00437. The second-order valence-electron chi connectivity index (χ2n) is 5.58. The minimum Gasteiger partial charge on any atom is -0.490 e. The Morgan fingerprint density at radius 1 is 1.26 bits per heavy atom. The van der Waals surface area contributed by atoms with Gasteiger partial charge < -0.3 is 4.74 Å². The molecule has 1 aliphatic rings. The molecular formula is C19H17N3O4S. The number of amides is 1. The Kier molecular flexibility index (Phi) is 5.56. The lowest BCUT2D eigenvalue weighted by Gasteiger charge is -2.11. The van der Waals surface area contributed by atoms with Gasteiger partial charge in [0.05, 0.1) is 22.6 Å². The molecule has 8 heteroatoms. The summed E-state index contributed by atoms with van der Waals surface area (Å²) in [5, 5.41) is 11.8. The number of hydrogen-bond donors (Lipinski definition) is 0. The van der Waals surface area contributed by atoms with E-state index in [4.69, 9.17) is 4.74 Å². The number of likely N-dealkylation sites (N-methyl/N-ethyl adjacent to an activating group) is 1. The van der Waals surface area contributed by atoms with Crippen molar-refractivity contribution in [1.82, 2.24) is 4.90 Å². The van der Waals surface area contributed by atoms with E-state index in [1.807, 2.05) is 37.3 Å². The number of amidine groups is 1. The maximum Gasteiger partial charge on any atom is 0.311 e. The summed E-state index contributed by atoms with van der Waals surface area (Å²) < 4.78 is 5.01. The van der Waals surface area contributed by atoms with E-state index in [1.54, 1.807) is 17.0 Å². The number of methoxy groups -OCH3 is 1. The summed E-state index contributed by atoms with van der Waals surface area (Å²) in [6, 6.07) is 14.0. The topological polar surface area (TPSA) is 85.0 Å². The van der Waals surface area contributed by atoms with Crippen molar-refractivity contribution >= 4 is 40.3 Å². The molecule has 0 unspecified atom stereocenters. The van der Waals surface area contributed by atoms with Gasteiger partial charge in [-0.25, -0.2) is 4.99 Å². The normalized spacial score (nSPS) is 17.0. The quantitative estimate of drug-likeness (QED) is 0.438. The molecule has 1 amide bonds. The molecule has 0 N–H and O–H groups in total. The van der Waals surface area contributed by atoms with Crippen LogP contribution < -0.4 is 4.74 Å². The van der Waals surface area contributed by atoms with Crippen molar-refractivity contribution in [2.45, 2.75) is 6.92 Å². The van der Waals surface area contributed by atoms with Crippen LogP contribution in [0.5, 0.6) is 5.75 Å². The standard InChI is InChI=1S/C19H17N3O4S/c1-3-21-18(23)17(27-19(21)20-14-7-5-4-6-8-14)12-13-9-10-16(26-2)15(11-13)22(24)25/h4-12H,3H2,1-2H3/b17-12+,20-19?. The fourth-order valence-electron chi connectivity index (χ4n) is 2.57. The van der Waals surface area contributed by atoms with E-state index in [0.29, 0.717) is 22.2 Å². The van der Waals surface area contributed by atoms with Crippen LogP contribution in [0.25, 0.3) is 6.08 Å². The van der Waals surface area contributed by atoms with Gasteiger partial charge in [-0.2, -0.15) is 0 Å². The van der Waals surface area contributed by atoms with Crippen LogP contribution in [0.3, 0.4) is 0 Å². The van der Waals surface area contributed by atoms with Gasteiger partial charge in [0.1, 0.15) is 0 Å². The third kappa shape index (κ3) is 4.01. The molecule has 2 aromatic carbocycles. The number of carbonyl (C=O) groups excluding carboxylic acids is 1. The number of nitrogens with zero attached hydrogens (tertiary/aromatic N) is 3. The molecule has 0 bridgehead atoms. The predicted octanol–water partition coefficient (Wildman–Crippen LogP) is 4.23. The number of aliphatic imine (C=N–C) groups is 1. The smallest absolute Gasteiger partial charge is 0.311 e. The van der Waals surface area contributed by atoms with Crippen molar-refractivity contribution in [2.75, 3.05) is 13.7 Å². The van der Waals surface area contributed by atoms with E-state index in [2.05, 4.69) is 4.99 Å². The number of thioether (sulfide) groups is 1. The van der Waals surface area contributed by atoms with E-state index in [1.165, 1.54) is 31.0 Å². The van der Waals surface area contributed by atoms with Crippen LogP contribution in [-0.2, 0) is 4.79 Å². The number of benzene rings is 2. The number of hydrogen-bond acceptors (Lipinski definition) is 6. The Balaban J connectivity index is 1.95. The first-order valence-electron chi connectivity index (χ1n) is 8.21. The molecule has 1 aliphatic heterocycles. The number of nitro groups is 1. The van der Waals surface area contributed by atoms with Crippen LogP contribution in [0.1, 0.15) is 12.5 Å². The van der Waals surface area contributed by atoms with Gasteiger partial charge in [0.2, 0.25) is 0 Å². The molecule has 0 saturated carbocycles. The zero-order valence-corrected chi connectivity index (χ0v) is 15.6. The number of rotatable bonds is 5.